The van der Waals surface area contributed by atoms with Crippen molar-refractivity contribution in [3.63, 3.8) is 0 Å². The van der Waals surface area contributed by atoms with E-state index in [1.54, 1.807) is 0 Å². The van der Waals surface area contributed by atoms with Crippen molar-refractivity contribution in [1.82, 2.24) is 0 Å². The van der Waals surface area contributed by atoms with Crippen molar-refractivity contribution in [2.24, 2.45) is 0 Å². The molecule has 0 rings (SSSR count). The highest BCUT2D eigenvalue weighted by Crippen LogP contribution is 2.21. The molecule has 0 aliphatic carbocycles. The van der Waals surface area contributed by atoms with Crippen LogP contribution in [0.25, 0.3) is 0 Å². The maximum atomic E-state index is 6.02. The molecule has 0 N–H and O–H groups in total. The van der Waals surface area contributed by atoms with Crippen LogP contribution < -0.4 is 0 Å². The van der Waals surface area contributed by atoms with Crippen molar-refractivity contribution in [3.8, 4) is 0 Å². The minimum absolute atomic E-state index is 0.894. The van der Waals surface area contributed by atoms with Gasteiger partial charge in [-0.1, -0.05) is 13.8 Å². The molecule has 2 nitrogen and oxygen atoms in total. The van der Waals surface area contributed by atoms with Crippen molar-refractivity contribution < 1.29 is 8.85 Å². The monoisotopic (exact) mass is 234 g/mol. The first-order valence-electron chi connectivity index (χ1n) is 5.65. The maximum absolute atomic E-state index is 6.02. The summed E-state index contributed by atoms with van der Waals surface area (Å²) in [5.41, 5.74) is 0. The molecule has 0 heterocycles. The molecule has 0 aliphatic rings. The van der Waals surface area contributed by atoms with Crippen LogP contribution >= 0.6 is 0 Å². The van der Waals surface area contributed by atoms with E-state index < -0.39 is 15.7 Å². The summed E-state index contributed by atoms with van der Waals surface area (Å²) in [6.07, 6.45) is 2.21. The zero-order valence-electron chi connectivity index (χ0n) is 10.6. The lowest BCUT2D eigenvalue weighted by molar-refractivity contribution is 0.285. The van der Waals surface area contributed by atoms with Crippen LogP contribution in [0.5, 0.6) is 0 Å². The number of hydrogen-bond donors (Lipinski definition) is 0. The predicted octanol–water partition coefficient (Wildman–Crippen LogP) is 3.33. The van der Waals surface area contributed by atoms with Crippen molar-refractivity contribution >= 4 is 15.7 Å². The second-order valence-corrected chi connectivity index (χ2v) is 18.6. The molecule has 14 heavy (non-hydrogen) atoms. The van der Waals surface area contributed by atoms with Crippen LogP contribution in [0.2, 0.25) is 26.2 Å². The third kappa shape index (κ3) is 4.25. The Morgan fingerprint density at radius 2 is 1.00 bits per heavy atom. The van der Waals surface area contributed by atoms with Gasteiger partial charge in [0.2, 0.25) is 15.7 Å². The zero-order chi connectivity index (χ0) is 11.2. The Labute approximate surface area is 91.0 Å². The van der Waals surface area contributed by atoms with Gasteiger partial charge in [0.15, 0.2) is 0 Å². The third-order valence-corrected chi connectivity index (χ3v) is 17.1. The number of hydrogen-bond acceptors (Lipinski definition) is 2. The fraction of sp³-hybridized carbons (Fsp3) is 1.00. The molecule has 0 aromatic heterocycles. The van der Waals surface area contributed by atoms with E-state index in [0.29, 0.717) is 0 Å². The molecule has 0 spiro atoms. The molecule has 0 bridgehead atoms. The van der Waals surface area contributed by atoms with Gasteiger partial charge < -0.3 is 8.85 Å². The van der Waals surface area contributed by atoms with Crippen LogP contribution in [-0.4, -0.2) is 28.9 Å². The smallest absolute Gasteiger partial charge is 0.204 e. The summed E-state index contributed by atoms with van der Waals surface area (Å²) in [5, 5.41) is 0. The van der Waals surface area contributed by atoms with Crippen LogP contribution in [-0.2, 0) is 8.85 Å². The Hall–Kier alpha value is 0.354. The van der Waals surface area contributed by atoms with Gasteiger partial charge in [0.1, 0.15) is 0 Å². The standard InChI is InChI=1S/C10H26O2Si2/c1-7-9-11-13(3,4)14(5,6)12-10-8-2/h7-10H2,1-6H3. The van der Waals surface area contributed by atoms with E-state index in [4.69, 9.17) is 8.85 Å². The highest BCUT2D eigenvalue weighted by Gasteiger charge is 2.44. The second-order valence-electron chi connectivity index (χ2n) is 4.72. The van der Waals surface area contributed by atoms with E-state index in [9.17, 15) is 0 Å². The Balaban J connectivity index is 4.20. The molecule has 0 saturated heterocycles. The van der Waals surface area contributed by atoms with Gasteiger partial charge in [-0.15, -0.1) is 0 Å². The van der Waals surface area contributed by atoms with Crippen molar-refractivity contribution in [3.05, 3.63) is 0 Å². The lowest BCUT2D eigenvalue weighted by Crippen LogP contribution is -2.59. The molecule has 0 radical (unpaired) electrons. The van der Waals surface area contributed by atoms with E-state index in [2.05, 4.69) is 40.0 Å². The number of rotatable bonds is 7. The minimum atomic E-state index is -1.57. The van der Waals surface area contributed by atoms with Gasteiger partial charge in [-0.2, -0.15) is 0 Å². The minimum Gasteiger partial charge on any atom is -0.417 e. The molecule has 0 aromatic carbocycles. The fourth-order valence-corrected chi connectivity index (χ4v) is 5.88. The van der Waals surface area contributed by atoms with Gasteiger partial charge in [-0.3, -0.25) is 0 Å². The highest BCUT2D eigenvalue weighted by atomic mass is 29.3. The normalized spacial score (nSPS) is 13.3. The lowest BCUT2D eigenvalue weighted by Gasteiger charge is -2.36. The lowest BCUT2D eigenvalue weighted by atomic mass is 10.5. The van der Waals surface area contributed by atoms with Crippen LogP contribution in [0, 0.1) is 0 Å². The fourth-order valence-electron chi connectivity index (χ4n) is 1.06. The van der Waals surface area contributed by atoms with Gasteiger partial charge in [0, 0.05) is 13.2 Å². The highest BCUT2D eigenvalue weighted by molar-refractivity contribution is 7.35. The van der Waals surface area contributed by atoms with E-state index in [1.165, 1.54) is 0 Å². The summed E-state index contributed by atoms with van der Waals surface area (Å²) in [7, 11) is -3.14. The predicted molar refractivity (Wildman–Crippen MR) is 67.5 cm³/mol. The Bertz CT molecular complexity index is 140. The molecule has 0 unspecified atom stereocenters. The van der Waals surface area contributed by atoms with Crippen LogP contribution in [0.1, 0.15) is 26.7 Å². The molecule has 0 fully saturated rings. The Kier molecular flexibility index (Phi) is 6.20. The molecule has 0 aromatic rings. The average Bonchev–Trinajstić information content (AvgIpc) is 2.11. The summed E-state index contributed by atoms with van der Waals surface area (Å²) in [4.78, 5) is 0. The van der Waals surface area contributed by atoms with Crippen molar-refractivity contribution in [1.29, 1.82) is 0 Å². The van der Waals surface area contributed by atoms with Crippen molar-refractivity contribution in [2.45, 2.75) is 52.9 Å². The summed E-state index contributed by atoms with van der Waals surface area (Å²) >= 11 is 0. The van der Waals surface area contributed by atoms with E-state index >= 15 is 0 Å². The quantitative estimate of drug-likeness (QED) is 0.629. The Morgan fingerprint density at radius 1 is 0.714 bits per heavy atom. The molecule has 0 saturated carbocycles. The van der Waals surface area contributed by atoms with Gasteiger partial charge in [0.05, 0.1) is 0 Å². The first-order chi connectivity index (χ1) is 6.37. The van der Waals surface area contributed by atoms with Gasteiger partial charge in [-0.25, -0.2) is 0 Å². The van der Waals surface area contributed by atoms with Crippen LogP contribution in [0.3, 0.4) is 0 Å². The molecule has 4 heteroatoms. The van der Waals surface area contributed by atoms with E-state index in [-0.39, 0.29) is 0 Å². The topological polar surface area (TPSA) is 18.5 Å². The molecular weight excluding hydrogens is 208 g/mol. The largest absolute Gasteiger partial charge is 0.417 e. The summed E-state index contributed by atoms with van der Waals surface area (Å²) < 4.78 is 12.0. The third-order valence-electron chi connectivity index (χ3n) is 2.78. The second kappa shape index (κ2) is 6.05. The molecule has 0 amide bonds. The summed E-state index contributed by atoms with van der Waals surface area (Å²) in [5.74, 6) is 0. The first-order valence-corrected chi connectivity index (χ1v) is 12.5. The SMILES string of the molecule is CCCO[Si](C)(C)[Si](C)(C)OCCC. The molecule has 86 valence electrons. The van der Waals surface area contributed by atoms with E-state index in [1.807, 2.05) is 0 Å². The van der Waals surface area contributed by atoms with Crippen LogP contribution in [0.15, 0.2) is 0 Å². The maximum Gasteiger partial charge on any atom is 0.204 e. The average molecular weight is 234 g/mol. The molecular formula is C10H26O2Si2. The molecule has 0 atom stereocenters. The molecule has 0 aliphatic heterocycles. The van der Waals surface area contributed by atoms with Gasteiger partial charge in [-0.05, 0) is 39.0 Å². The van der Waals surface area contributed by atoms with E-state index in [0.717, 1.165) is 26.1 Å². The summed E-state index contributed by atoms with van der Waals surface area (Å²) in [6, 6.07) is 0. The Morgan fingerprint density at radius 3 is 1.21 bits per heavy atom. The first kappa shape index (κ1) is 14.4. The van der Waals surface area contributed by atoms with Gasteiger partial charge in [0.25, 0.3) is 0 Å². The van der Waals surface area contributed by atoms with Crippen molar-refractivity contribution in [2.75, 3.05) is 13.2 Å². The van der Waals surface area contributed by atoms with Crippen LogP contribution in [0.4, 0.5) is 0 Å². The summed E-state index contributed by atoms with van der Waals surface area (Å²) in [6.45, 7) is 15.3. The van der Waals surface area contributed by atoms with Gasteiger partial charge >= 0.3 is 0 Å². The zero-order valence-corrected chi connectivity index (χ0v) is 12.6.